The Balaban J connectivity index is 1.84. The molecule has 0 saturated carbocycles. The van der Waals surface area contributed by atoms with Gasteiger partial charge in [-0.3, -0.25) is 4.90 Å². The first-order valence-corrected chi connectivity index (χ1v) is 13.8. The number of allylic oxidation sites excluding steroid dienone is 1. The molecule has 1 fully saturated rings. The first-order valence-electron chi connectivity index (χ1n) is 13.4. The van der Waals surface area contributed by atoms with Crippen molar-refractivity contribution in [1.82, 2.24) is 4.90 Å². The van der Waals surface area contributed by atoms with Crippen molar-refractivity contribution in [2.45, 2.75) is 31.7 Å². The molecular weight excluding hydrogens is 562 g/mol. The third-order valence-corrected chi connectivity index (χ3v) is 7.43. The normalized spacial score (nSPS) is 17.5. The molecule has 0 aliphatic carbocycles. The zero-order valence-electron chi connectivity index (χ0n) is 23.6. The fourth-order valence-electron chi connectivity index (χ4n) is 5.22. The Morgan fingerprint density at radius 2 is 1.74 bits per heavy atom. The number of ether oxygens (including phenoxy) is 3. The van der Waals surface area contributed by atoms with Crippen molar-refractivity contribution >= 4 is 41.0 Å². The molecule has 2 heterocycles. The van der Waals surface area contributed by atoms with Gasteiger partial charge < -0.3 is 30.2 Å². The summed E-state index contributed by atoms with van der Waals surface area (Å²) in [5, 5.41) is 14.1. The molecule has 3 N–H and O–H groups in total. The summed E-state index contributed by atoms with van der Waals surface area (Å²) in [6, 6.07) is 15.8. The van der Waals surface area contributed by atoms with Gasteiger partial charge in [0.05, 0.1) is 55.3 Å². The van der Waals surface area contributed by atoms with Gasteiger partial charge in [-0.15, -0.1) is 0 Å². The van der Waals surface area contributed by atoms with Crippen LogP contribution in [0.1, 0.15) is 31.2 Å². The smallest absolute Gasteiger partial charge is 0.409 e. The zero-order chi connectivity index (χ0) is 30.4. The highest BCUT2D eigenvalue weighted by Crippen LogP contribution is 2.45. The lowest BCUT2D eigenvalue weighted by atomic mass is 9.81. The number of benzene rings is 2. The Bertz CT molecular complexity index is 1460. The van der Waals surface area contributed by atoms with Crippen molar-refractivity contribution in [2.75, 3.05) is 44.1 Å². The van der Waals surface area contributed by atoms with Gasteiger partial charge in [0.2, 0.25) is 0 Å². The highest BCUT2D eigenvalue weighted by atomic mass is 35.5. The van der Waals surface area contributed by atoms with Crippen LogP contribution in [0, 0.1) is 11.3 Å². The molecule has 4 rings (SSSR count). The van der Waals surface area contributed by atoms with E-state index in [4.69, 9.17) is 31.5 Å². The van der Waals surface area contributed by atoms with Gasteiger partial charge in [-0.2, -0.15) is 5.26 Å². The monoisotopic (exact) mass is 593 g/mol. The molecule has 2 aromatic rings. The quantitative estimate of drug-likeness (QED) is 0.352. The van der Waals surface area contributed by atoms with Gasteiger partial charge in [0.25, 0.3) is 0 Å². The number of carbonyl (C=O) groups is 3. The molecule has 1 atom stereocenters. The minimum absolute atomic E-state index is 0.0444. The molecule has 11 nitrogen and oxygen atoms in total. The van der Waals surface area contributed by atoms with Gasteiger partial charge in [0.1, 0.15) is 11.5 Å². The lowest BCUT2D eigenvalue weighted by Crippen LogP contribution is -2.43. The van der Waals surface area contributed by atoms with E-state index in [2.05, 4.69) is 11.4 Å². The van der Waals surface area contributed by atoms with Crippen LogP contribution >= 0.6 is 11.6 Å². The molecule has 42 heavy (non-hydrogen) atoms. The number of esters is 2. The Labute approximate surface area is 249 Å². The van der Waals surface area contributed by atoms with Crippen LogP contribution in [0.5, 0.6) is 0 Å². The maximum Gasteiger partial charge on any atom is 0.409 e. The minimum Gasteiger partial charge on any atom is -0.466 e. The van der Waals surface area contributed by atoms with E-state index in [0.29, 0.717) is 54.5 Å². The first-order chi connectivity index (χ1) is 20.2. The highest BCUT2D eigenvalue weighted by molar-refractivity contribution is 6.31. The molecule has 0 bridgehead atoms. The number of methoxy groups -OCH3 is 2. The number of nitriles is 1. The van der Waals surface area contributed by atoms with Crippen LogP contribution in [0.15, 0.2) is 71.2 Å². The van der Waals surface area contributed by atoms with Crippen LogP contribution in [-0.2, 0) is 23.8 Å². The number of nitrogens with one attached hydrogen (secondary N) is 1. The van der Waals surface area contributed by atoms with Crippen molar-refractivity contribution in [3.8, 4) is 6.07 Å². The van der Waals surface area contributed by atoms with E-state index in [0.717, 1.165) is 0 Å². The van der Waals surface area contributed by atoms with Crippen LogP contribution in [0.3, 0.4) is 0 Å². The fraction of sp³-hybridized carbons (Fsp3) is 0.333. The first kappa shape index (κ1) is 30.3. The molecular formula is C30H32ClN5O6. The van der Waals surface area contributed by atoms with Crippen molar-refractivity contribution in [3.05, 3.63) is 81.8 Å². The SMILES string of the molecule is CCOC(=O)N1CCC(Nc2ccc(Cl)cc2N2C(N)=C(C#N)C(c3ccccc3)C(C(=O)OC)=C2C(=O)OC)CC1. The molecule has 0 spiro atoms. The molecule has 0 radical (unpaired) electrons. The minimum atomic E-state index is -0.989. The van der Waals surface area contributed by atoms with E-state index in [1.807, 2.05) is 0 Å². The van der Waals surface area contributed by atoms with Crippen molar-refractivity contribution < 1.29 is 28.6 Å². The number of nitrogens with two attached hydrogens (primary N) is 1. The predicted octanol–water partition coefficient (Wildman–Crippen LogP) is 4.27. The number of rotatable bonds is 7. The predicted molar refractivity (Wildman–Crippen MR) is 156 cm³/mol. The van der Waals surface area contributed by atoms with Crippen molar-refractivity contribution in [1.29, 1.82) is 5.26 Å². The number of carbonyl (C=O) groups excluding carboxylic acids is 3. The second kappa shape index (κ2) is 13.3. The van der Waals surface area contributed by atoms with Crippen molar-refractivity contribution in [2.24, 2.45) is 5.73 Å². The Hall–Kier alpha value is -4.69. The van der Waals surface area contributed by atoms with Gasteiger partial charge in [0, 0.05) is 24.2 Å². The average Bonchev–Trinajstić information content (AvgIpc) is 3.01. The summed E-state index contributed by atoms with van der Waals surface area (Å²) in [4.78, 5) is 41.9. The summed E-state index contributed by atoms with van der Waals surface area (Å²) in [5.41, 5.74) is 7.85. The topological polar surface area (TPSA) is 147 Å². The number of hydrogen-bond acceptors (Lipinski definition) is 10. The number of halogens is 1. The number of likely N-dealkylation sites (tertiary alicyclic amines) is 1. The van der Waals surface area contributed by atoms with Crippen LogP contribution < -0.4 is 16.0 Å². The summed E-state index contributed by atoms with van der Waals surface area (Å²) in [7, 11) is 2.38. The molecule has 1 amide bonds. The molecule has 1 unspecified atom stereocenters. The van der Waals surface area contributed by atoms with Crippen LogP contribution in [0.4, 0.5) is 16.2 Å². The molecule has 12 heteroatoms. The number of nitrogens with zero attached hydrogens (tertiary/aromatic N) is 3. The maximum atomic E-state index is 13.4. The number of amides is 1. The van der Waals surface area contributed by atoms with Gasteiger partial charge in [-0.1, -0.05) is 41.9 Å². The molecule has 2 aliphatic heterocycles. The van der Waals surface area contributed by atoms with Gasteiger partial charge in [-0.05, 0) is 43.5 Å². The van der Waals surface area contributed by atoms with Gasteiger partial charge in [-0.25, -0.2) is 14.4 Å². The summed E-state index contributed by atoms with van der Waals surface area (Å²) >= 11 is 6.43. The number of piperidine rings is 1. The number of anilines is 2. The van der Waals surface area contributed by atoms with Gasteiger partial charge in [0.15, 0.2) is 0 Å². The molecule has 2 aromatic carbocycles. The lowest BCUT2D eigenvalue weighted by Gasteiger charge is -2.38. The third kappa shape index (κ3) is 5.99. The van der Waals surface area contributed by atoms with Crippen LogP contribution in [0.25, 0.3) is 0 Å². The van der Waals surface area contributed by atoms with E-state index >= 15 is 0 Å². The average molecular weight is 594 g/mol. The Morgan fingerprint density at radius 3 is 2.33 bits per heavy atom. The van der Waals surface area contributed by atoms with E-state index < -0.39 is 17.9 Å². The summed E-state index contributed by atoms with van der Waals surface area (Å²) < 4.78 is 15.4. The highest BCUT2D eigenvalue weighted by Gasteiger charge is 2.43. The Kier molecular flexibility index (Phi) is 9.60. The Morgan fingerprint density at radius 1 is 1.07 bits per heavy atom. The summed E-state index contributed by atoms with van der Waals surface area (Å²) in [6.45, 7) is 3.04. The largest absolute Gasteiger partial charge is 0.466 e. The molecule has 0 aromatic heterocycles. The number of hydrogen-bond donors (Lipinski definition) is 2. The van der Waals surface area contributed by atoms with E-state index in [1.165, 1.54) is 19.1 Å². The van der Waals surface area contributed by atoms with Crippen molar-refractivity contribution in [3.63, 3.8) is 0 Å². The van der Waals surface area contributed by atoms with Crippen LogP contribution in [-0.4, -0.2) is 62.9 Å². The molecule has 1 saturated heterocycles. The van der Waals surface area contributed by atoms with Gasteiger partial charge >= 0.3 is 18.0 Å². The molecule has 2 aliphatic rings. The summed E-state index contributed by atoms with van der Waals surface area (Å²) in [5.74, 6) is -2.74. The fourth-order valence-corrected chi connectivity index (χ4v) is 5.38. The van der Waals surface area contributed by atoms with Crippen LogP contribution in [0.2, 0.25) is 5.02 Å². The van der Waals surface area contributed by atoms with E-state index in [9.17, 15) is 19.6 Å². The van der Waals surface area contributed by atoms with E-state index in [1.54, 1.807) is 60.4 Å². The molecule has 220 valence electrons. The second-order valence-electron chi connectivity index (χ2n) is 9.60. The standard InChI is InChI=1S/C30H32ClN5O6/c1-4-42-30(39)35-14-12-20(13-15-35)34-22-11-10-19(31)16-23(22)36-26(29(38)41-3)25(28(37)40-2)24(21(17-32)27(36)33)18-8-6-5-7-9-18/h5-11,16,20,24,34H,4,12-15,33H2,1-3H3. The third-order valence-electron chi connectivity index (χ3n) is 7.19. The summed E-state index contributed by atoms with van der Waals surface area (Å²) in [6.07, 6.45) is 0.895. The lowest BCUT2D eigenvalue weighted by molar-refractivity contribution is -0.139. The zero-order valence-corrected chi connectivity index (χ0v) is 24.3. The van der Waals surface area contributed by atoms with E-state index in [-0.39, 0.29) is 34.8 Å². The maximum absolute atomic E-state index is 13.4. The second-order valence-corrected chi connectivity index (χ2v) is 10.0.